The Morgan fingerprint density at radius 3 is 2.44 bits per heavy atom. The van der Waals surface area contributed by atoms with E-state index in [9.17, 15) is 14.4 Å². The van der Waals surface area contributed by atoms with E-state index in [-0.39, 0.29) is 18.5 Å². The molecule has 6 nitrogen and oxygen atoms in total. The zero-order chi connectivity index (χ0) is 18.6. The number of hydrogen-bond donors (Lipinski definition) is 2. The number of amides is 4. The third-order valence-electron chi connectivity index (χ3n) is 4.67. The molecule has 0 spiro atoms. The van der Waals surface area contributed by atoms with Gasteiger partial charge in [-0.3, -0.25) is 14.5 Å². The second-order valence-corrected chi connectivity index (χ2v) is 6.77. The summed E-state index contributed by atoms with van der Waals surface area (Å²) in [5.74, 6) is -0.736. The first kappa shape index (κ1) is 19.0. The lowest BCUT2D eigenvalue weighted by molar-refractivity contribution is -0.135. The summed E-state index contributed by atoms with van der Waals surface area (Å²) >= 11 is 0. The number of aryl methyl sites for hydroxylation is 1. The molecule has 136 valence electrons. The third kappa shape index (κ3) is 4.00. The normalized spacial score (nSPS) is 21.2. The molecule has 4 amide bonds. The van der Waals surface area contributed by atoms with Gasteiger partial charge in [0.2, 0.25) is 5.91 Å². The molecule has 1 saturated heterocycles. The maximum Gasteiger partial charge on any atom is 0.325 e. The van der Waals surface area contributed by atoms with Crippen molar-refractivity contribution < 1.29 is 14.4 Å². The average molecular weight is 345 g/mol. The van der Waals surface area contributed by atoms with Crippen LogP contribution in [0.3, 0.4) is 0 Å². The minimum Gasteiger partial charge on any atom is -0.352 e. The summed E-state index contributed by atoms with van der Waals surface area (Å²) in [6, 6.07) is 7.15. The maximum absolute atomic E-state index is 12.8. The second kappa shape index (κ2) is 7.68. The summed E-state index contributed by atoms with van der Waals surface area (Å²) in [6.07, 6.45) is 2.80. The van der Waals surface area contributed by atoms with Gasteiger partial charge in [0.15, 0.2) is 0 Å². The lowest BCUT2D eigenvalue weighted by Crippen LogP contribution is -2.44. The molecular formula is C19H27N3O3. The Morgan fingerprint density at radius 1 is 1.24 bits per heavy atom. The Balaban J connectivity index is 2.14. The molecule has 2 rings (SSSR count). The Bertz CT molecular complexity index is 656. The first-order valence-electron chi connectivity index (χ1n) is 8.84. The van der Waals surface area contributed by atoms with Gasteiger partial charge in [-0.25, -0.2) is 4.79 Å². The zero-order valence-electron chi connectivity index (χ0n) is 15.4. The lowest BCUT2D eigenvalue weighted by atomic mass is 9.91. The van der Waals surface area contributed by atoms with E-state index in [2.05, 4.69) is 17.6 Å². The number of nitrogens with one attached hydrogen (secondary N) is 2. The number of carbonyl (C=O) groups is 3. The quantitative estimate of drug-likeness (QED) is 0.745. The molecule has 2 atom stereocenters. The van der Waals surface area contributed by atoms with Crippen molar-refractivity contribution in [3.05, 3.63) is 35.4 Å². The van der Waals surface area contributed by atoms with Crippen LogP contribution in [0, 0.1) is 0 Å². The summed E-state index contributed by atoms with van der Waals surface area (Å²) in [5, 5.41) is 5.50. The van der Waals surface area contributed by atoms with Crippen molar-refractivity contribution in [3.8, 4) is 0 Å². The van der Waals surface area contributed by atoms with Gasteiger partial charge in [0.1, 0.15) is 12.1 Å². The highest BCUT2D eigenvalue weighted by Gasteiger charge is 2.49. The van der Waals surface area contributed by atoms with Crippen molar-refractivity contribution in [2.75, 3.05) is 6.54 Å². The van der Waals surface area contributed by atoms with Gasteiger partial charge in [0, 0.05) is 6.04 Å². The highest BCUT2D eigenvalue weighted by atomic mass is 16.2. The first-order valence-corrected chi connectivity index (χ1v) is 8.84. The molecule has 1 heterocycles. The van der Waals surface area contributed by atoms with Crippen LogP contribution >= 0.6 is 0 Å². The Labute approximate surface area is 149 Å². The van der Waals surface area contributed by atoms with Crippen LogP contribution in [0.1, 0.15) is 51.7 Å². The van der Waals surface area contributed by atoms with Gasteiger partial charge in [-0.1, -0.05) is 44.5 Å². The van der Waals surface area contributed by atoms with Gasteiger partial charge in [0.05, 0.1) is 0 Å². The van der Waals surface area contributed by atoms with Crippen LogP contribution in [-0.2, 0) is 21.5 Å². The molecule has 2 N–H and O–H groups in total. The molecule has 1 aromatic rings. The molecule has 6 heteroatoms. The Hall–Kier alpha value is -2.37. The molecule has 0 saturated carbocycles. The van der Waals surface area contributed by atoms with Crippen molar-refractivity contribution in [2.45, 2.75) is 58.5 Å². The number of carbonyl (C=O) groups excluding carboxylic acids is 3. The van der Waals surface area contributed by atoms with Crippen molar-refractivity contribution in [1.82, 2.24) is 15.5 Å². The molecule has 2 unspecified atom stereocenters. The van der Waals surface area contributed by atoms with Crippen molar-refractivity contribution in [3.63, 3.8) is 0 Å². The molecule has 0 aromatic heterocycles. The van der Waals surface area contributed by atoms with Crippen LogP contribution in [0.2, 0.25) is 0 Å². The van der Waals surface area contributed by atoms with E-state index < -0.39 is 17.5 Å². The largest absolute Gasteiger partial charge is 0.352 e. The topological polar surface area (TPSA) is 78.5 Å². The number of rotatable bonds is 7. The van der Waals surface area contributed by atoms with Crippen LogP contribution in [0.15, 0.2) is 24.3 Å². The summed E-state index contributed by atoms with van der Waals surface area (Å²) in [4.78, 5) is 38.1. The molecular weight excluding hydrogens is 318 g/mol. The predicted octanol–water partition coefficient (Wildman–Crippen LogP) is 2.32. The van der Waals surface area contributed by atoms with Crippen LogP contribution < -0.4 is 10.6 Å². The maximum atomic E-state index is 12.8. The van der Waals surface area contributed by atoms with Gasteiger partial charge < -0.3 is 10.6 Å². The van der Waals surface area contributed by atoms with E-state index >= 15 is 0 Å². The highest BCUT2D eigenvalue weighted by molar-refractivity contribution is 6.09. The van der Waals surface area contributed by atoms with Crippen molar-refractivity contribution in [2.24, 2.45) is 0 Å². The standard InChI is InChI=1S/C19H27N3O3/c1-5-7-14-8-10-15(11-9-14)19(4)17(24)22(18(25)21-19)12-16(23)20-13(3)6-2/h8-11,13H,5-7,12H2,1-4H3,(H,20,23)(H,21,25). The summed E-state index contributed by atoms with van der Waals surface area (Å²) in [6.45, 7) is 7.36. The highest BCUT2D eigenvalue weighted by Crippen LogP contribution is 2.29. The lowest BCUT2D eigenvalue weighted by Gasteiger charge is -2.22. The number of urea groups is 1. The minimum absolute atomic E-state index is 0.00533. The monoisotopic (exact) mass is 345 g/mol. The fraction of sp³-hybridized carbons (Fsp3) is 0.526. The van der Waals surface area contributed by atoms with E-state index in [0.29, 0.717) is 0 Å². The predicted molar refractivity (Wildman–Crippen MR) is 95.9 cm³/mol. The van der Waals surface area contributed by atoms with Crippen molar-refractivity contribution >= 4 is 17.8 Å². The summed E-state index contributed by atoms with van der Waals surface area (Å²) in [7, 11) is 0. The second-order valence-electron chi connectivity index (χ2n) is 6.77. The summed E-state index contributed by atoms with van der Waals surface area (Å²) in [5.41, 5.74) is 0.769. The summed E-state index contributed by atoms with van der Waals surface area (Å²) < 4.78 is 0. The molecule has 1 aliphatic heterocycles. The fourth-order valence-corrected chi connectivity index (χ4v) is 2.90. The Kier molecular flexibility index (Phi) is 5.82. The molecule has 1 fully saturated rings. The minimum atomic E-state index is -1.14. The SMILES string of the molecule is CCCc1ccc(C2(C)NC(=O)N(CC(=O)NC(C)CC)C2=O)cc1. The van der Waals surface area contributed by atoms with Gasteiger partial charge in [-0.2, -0.15) is 0 Å². The van der Waals surface area contributed by atoms with Gasteiger partial charge in [0.25, 0.3) is 5.91 Å². The molecule has 1 aromatic carbocycles. The molecule has 25 heavy (non-hydrogen) atoms. The van der Waals surface area contributed by atoms with Crippen LogP contribution in [0.25, 0.3) is 0 Å². The fourth-order valence-electron chi connectivity index (χ4n) is 2.90. The van der Waals surface area contributed by atoms with Crippen LogP contribution in [0.5, 0.6) is 0 Å². The first-order chi connectivity index (χ1) is 11.8. The van der Waals surface area contributed by atoms with E-state index in [1.54, 1.807) is 6.92 Å². The number of nitrogens with zero attached hydrogens (tertiary/aromatic N) is 1. The van der Waals surface area contributed by atoms with Crippen molar-refractivity contribution in [1.29, 1.82) is 0 Å². The van der Waals surface area contributed by atoms with Gasteiger partial charge in [-0.15, -0.1) is 0 Å². The van der Waals surface area contributed by atoms with Crippen LogP contribution in [-0.4, -0.2) is 35.3 Å². The number of hydrogen-bond acceptors (Lipinski definition) is 3. The van der Waals surface area contributed by atoms with E-state index in [1.807, 2.05) is 38.1 Å². The van der Waals surface area contributed by atoms with Gasteiger partial charge in [-0.05, 0) is 37.8 Å². The molecule has 1 aliphatic rings. The Morgan fingerprint density at radius 2 is 1.88 bits per heavy atom. The number of imide groups is 1. The van der Waals surface area contributed by atoms with Crippen LogP contribution in [0.4, 0.5) is 4.79 Å². The van der Waals surface area contributed by atoms with E-state index in [1.165, 1.54) is 5.56 Å². The zero-order valence-corrected chi connectivity index (χ0v) is 15.4. The van der Waals surface area contributed by atoms with Gasteiger partial charge >= 0.3 is 6.03 Å². The number of benzene rings is 1. The van der Waals surface area contributed by atoms with E-state index in [0.717, 1.165) is 29.7 Å². The third-order valence-corrected chi connectivity index (χ3v) is 4.67. The molecule has 0 radical (unpaired) electrons. The molecule has 0 aliphatic carbocycles. The van der Waals surface area contributed by atoms with E-state index in [4.69, 9.17) is 0 Å². The average Bonchev–Trinajstić information content (AvgIpc) is 2.80. The molecule has 0 bridgehead atoms. The smallest absolute Gasteiger partial charge is 0.325 e.